The molecule has 0 saturated heterocycles. The molecule has 1 rings (SSSR count). The quantitative estimate of drug-likeness (QED) is 0.751. The molecule has 94 valence electrons. The average molecular weight is 237 g/mol. The molecule has 0 aromatic heterocycles. The fourth-order valence-electron chi connectivity index (χ4n) is 1.71. The lowest BCUT2D eigenvalue weighted by Gasteiger charge is -2.22. The molecule has 0 aliphatic carbocycles. The van der Waals surface area contributed by atoms with Gasteiger partial charge in [0.15, 0.2) is 0 Å². The summed E-state index contributed by atoms with van der Waals surface area (Å²) in [6, 6.07) is 9.94. The number of aliphatic hydroxyl groups is 1. The zero-order valence-electron chi connectivity index (χ0n) is 10.0. The minimum atomic E-state index is -0.965. The number of aliphatic carboxylic acids is 1. The Morgan fingerprint density at radius 3 is 2.53 bits per heavy atom. The van der Waals surface area contributed by atoms with Crippen molar-refractivity contribution in [3.63, 3.8) is 0 Å². The third kappa shape index (κ3) is 5.47. The van der Waals surface area contributed by atoms with Crippen LogP contribution < -0.4 is 0 Å². The van der Waals surface area contributed by atoms with E-state index in [1.807, 2.05) is 42.2 Å². The maximum Gasteiger partial charge on any atom is 0.306 e. The zero-order chi connectivity index (χ0) is 12.7. The van der Waals surface area contributed by atoms with Crippen molar-refractivity contribution in [1.29, 1.82) is 0 Å². The Bertz CT molecular complexity index is 340. The van der Waals surface area contributed by atoms with Crippen molar-refractivity contribution in [3.05, 3.63) is 35.9 Å². The first-order valence-corrected chi connectivity index (χ1v) is 5.78. The Kier molecular flexibility index (Phi) is 5.66. The van der Waals surface area contributed by atoms with E-state index in [0.29, 0.717) is 6.54 Å². The molecule has 0 spiro atoms. The molecule has 0 fully saturated rings. The van der Waals surface area contributed by atoms with Gasteiger partial charge in [0.1, 0.15) is 0 Å². The Morgan fingerprint density at radius 1 is 1.35 bits per heavy atom. The number of carboxylic acid groups (broad SMARTS) is 1. The van der Waals surface area contributed by atoms with Crippen LogP contribution in [0, 0.1) is 0 Å². The van der Waals surface area contributed by atoms with Gasteiger partial charge in [-0.3, -0.25) is 9.69 Å². The third-order valence-electron chi connectivity index (χ3n) is 2.58. The van der Waals surface area contributed by atoms with E-state index in [0.717, 1.165) is 18.7 Å². The second-order valence-electron chi connectivity index (χ2n) is 4.07. The second-order valence-corrected chi connectivity index (χ2v) is 4.07. The first-order valence-electron chi connectivity index (χ1n) is 5.78. The fraction of sp³-hybridized carbons (Fsp3) is 0.462. The van der Waals surface area contributed by atoms with Gasteiger partial charge in [0, 0.05) is 13.1 Å². The van der Waals surface area contributed by atoms with Crippen LogP contribution in [-0.2, 0) is 11.3 Å². The largest absolute Gasteiger partial charge is 0.481 e. The Labute approximate surface area is 101 Å². The van der Waals surface area contributed by atoms with Gasteiger partial charge in [0.25, 0.3) is 0 Å². The molecule has 0 aliphatic rings. The molecule has 17 heavy (non-hydrogen) atoms. The van der Waals surface area contributed by atoms with Gasteiger partial charge < -0.3 is 10.2 Å². The first kappa shape index (κ1) is 13.7. The van der Waals surface area contributed by atoms with E-state index < -0.39 is 12.1 Å². The summed E-state index contributed by atoms with van der Waals surface area (Å²) >= 11 is 0. The Balaban J connectivity index is 2.46. The van der Waals surface area contributed by atoms with Crippen LogP contribution in [-0.4, -0.2) is 40.3 Å². The summed E-state index contributed by atoms with van der Waals surface area (Å²) in [5, 5.41) is 18.2. The summed E-state index contributed by atoms with van der Waals surface area (Å²) < 4.78 is 0. The molecule has 1 aromatic carbocycles. The van der Waals surface area contributed by atoms with E-state index in [4.69, 9.17) is 5.11 Å². The zero-order valence-corrected chi connectivity index (χ0v) is 10.0. The maximum atomic E-state index is 10.5. The molecule has 1 atom stereocenters. The fourth-order valence-corrected chi connectivity index (χ4v) is 1.71. The molecule has 0 amide bonds. The van der Waals surface area contributed by atoms with Gasteiger partial charge in [0.2, 0.25) is 0 Å². The van der Waals surface area contributed by atoms with E-state index >= 15 is 0 Å². The normalized spacial score (nSPS) is 12.6. The van der Waals surface area contributed by atoms with Gasteiger partial charge >= 0.3 is 5.97 Å². The highest BCUT2D eigenvalue weighted by molar-refractivity contribution is 5.67. The van der Waals surface area contributed by atoms with Crippen LogP contribution in [0.2, 0.25) is 0 Å². The van der Waals surface area contributed by atoms with Crippen molar-refractivity contribution in [3.8, 4) is 0 Å². The van der Waals surface area contributed by atoms with E-state index in [2.05, 4.69) is 0 Å². The Morgan fingerprint density at radius 2 is 2.00 bits per heavy atom. The van der Waals surface area contributed by atoms with Gasteiger partial charge in [0.05, 0.1) is 12.5 Å². The van der Waals surface area contributed by atoms with E-state index in [1.54, 1.807) is 0 Å². The molecule has 4 nitrogen and oxygen atoms in total. The van der Waals surface area contributed by atoms with Crippen molar-refractivity contribution in [1.82, 2.24) is 4.90 Å². The van der Waals surface area contributed by atoms with Crippen LogP contribution in [0.3, 0.4) is 0 Å². The summed E-state index contributed by atoms with van der Waals surface area (Å²) in [5.74, 6) is -0.965. The molecule has 1 aromatic rings. The van der Waals surface area contributed by atoms with Crippen LogP contribution in [0.15, 0.2) is 30.3 Å². The van der Waals surface area contributed by atoms with Crippen LogP contribution in [0.5, 0.6) is 0 Å². The van der Waals surface area contributed by atoms with Crippen molar-refractivity contribution < 1.29 is 15.0 Å². The number of carbonyl (C=O) groups is 1. The number of hydrogen-bond donors (Lipinski definition) is 2. The average Bonchev–Trinajstić information content (AvgIpc) is 2.28. The molecular formula is C13H19NO3. The molecule has 4 heteroatoms. The molecule has 0 aliphatic heterocycles. The molecule has 0 bridgehead atoms. The summed E-state index contributed by atoms with van der Waals surface area (Å²) in [6.45, 7) is 3.90. The predicted molar refractivity (Wildman–Crippen MR) is 65.7 cm³/mol. The molecule has 0 radical (unpaired) electrons. The van der Waals surface area contributed by atoms with Gasteiger partial charge in [-0.2, -0.15) is 0 Å². The molecule has 0 heterocycles. The van der Waals surface area contributed by atoms with Crippen molar-refractivity contribution in [2.24, 2.45) is 0 Å². The summed E-state index contributed by atoms with van der Waals surface area (Å²) in [7, 11) is 0. The van der Waals surface area contributed by atoms with Gasteiger partial charge in [-0.1, -0.05) is 37.3 Å². The lowest BCUT2D eigenvalue weighted by Crippen LogP contribution is -2.33. The van der Waals surface area contributed by atoms with E-state index in [9.17, 15) is 9.90 Å². The van der Waals surface area contributed by atoms with Crippen molar-refractivity contribution in [2.75, 3.05) is 13.1 Å². The highest BCUT2D eigenvalue weighted by atomic mass is 16.4. The molecular weight excluding hydrogens is 218 g/mol. The number of likely N-dealkylation sites (N-methyl/N-ethyl adjacent to an activating group) is 1. The summed E-state index contributed by atoms with van der Waals surface area (Å²) in [5.41, 5.74) is 1.16. The summed E-state index contributed by atoms with van der Waals surface area (Å²) in [4.78, 5) is 12.5. The van der Waals surface area contributed by atoms with Gasteiger partial charge in [-0.05, 0) is 12.1 Å². The number of benzene rings is 1. The minimum Gasteiger partial charge on any atom is -0.481 e. The minimum absolute atomic E-state index is 0.203. The van der Waals surface area contributed by atoms with Gasteiger partial charge in [-0.25, -0.2) is 0 Å². The number of aliphatic hydroxyl groups excluding tert-OH is 1. The van der Waals surface area contributed by atoms with Crippen LogP contribution in [0.1, 0.15) is 18.9 Å². The Hall–Kier alpha value is -1.39. The van der Waals surface area contributed by atoms with Crippen molar-refractivity contribution in [2.45, 2.75) is 26.0 Å². The van der Waals surface area contributed by atoms with Crippen LogP contribution in [0.25, 0.3) is 0 Å². The van der Waals surface area contributed by atoms with Crippen molar-refractivity contribution >= 4 is 5.97 Å². The standard InChI is InChI=1S/C13H19NO3/c1-2-14(10-12(15)8-13(16)17)9-11-6-4-3-5-7-11/h3-7,12,15H,2,8-10H2,1H3,(H,16,17). The smallest absolute Gasteiger partial charge is 0.306 e. The molecule has 1 unspecified atom stereocenters. The van der Waals surface area contributed by atoms with E-state index in [1.165, 1.54) is 0 Å². The molecule has 0 saturated carbocycles. The molecule has 2 N–H and O–H groups in total. The lowest BCUT2D eigenvalue weighted by atomic mass is 10.2. The maximum absolute atomic E-state index is 10.5. The van der Waals surface area contributed by atoms with E-state index in [-0.39, 0.29) is 6.42 Å². The summed E-state index contributed by atoms with van der Waals surface area (Å²) in [6.07, 6.45) is -1.01. The highest BCUT2D eigenvalue weighted by Gasteiger charge is 2.13. The SMILES string of the molecule is CCN(Cc1ccccc1)CC(O)CC(=O)O. The first-order chi connectivity index (χ1) is 8.11. The highest BCUT2D eigenvalue weighted by Crippen LogP contribution is 2.06. The topological polar surface area (TPSA) is 60.8 Å². The number of hydrogen-bond acceptors (Lipinski definition) is 3. The lowest BCUT2D eigenvalue weighted by molar-refractivity contribution is -0.139. The van der Waals surface area contributed by atoms with Crippen LogP contribution in [0.4, 0.5) is 0 Å². The number of nitrogens with zero attached hydrogens (tertiary/aromatic N) is 1. The van der Waals surface area contributed by atoms with Crippen LogP contribution >= 0.6 is 0 Å². The predicted octanol–water partition coefficient (Wildman–Crippen LogP) is 1.34. The third-order valence-corrected chi connectivity index (χ3v) is 2.58. The second kappa shape index (κ2) is 7.04. The number of rotatable bonds is 7. The van der Waals surface area contributed by atoms with Gasteiger partial charge in [-0.15, -0.1) is 0 Å². The monoisotopic (exact) mass is 237 g/mol. The number of carboxylic acids is 1.